The number of rotatable bonds is 2. The van der Waals surface area contributed by atoms with Gasteiger partial charge in [-0.3, -0.25) is 0 Å². The molecule has 0 bridgehead atoms. The van der Waals surface area contributed by atoms with Crippen molar-refractivity contribution in [1.82, 2.24) is 9.78 Å². The molecule has 0 aromatic carbocycles. The Kier molecular flexibility index (Phi) is 2.61. The Balaban J connectivity index is 2.99. The molecule has 0 saturated heterocycles. The molecule has 0 fully saturated rings. The fraction of sp³-hybridized carbons (Fsp3) is 0.667. The van der Waals surface area contributed by atoms with E-state index in [9.17, 15) is 0 Å². The van der Waals surface area contributed by atoms with Crippen molar-refractivity contribution < 1.29 is 5.11 Å². The van der Waals surface area contributed by atoms with Crippen LogP contribution in [0.25, 0.3) is 0 Å². The standard InChI is InChI=1S/C9H17N3O/c1-9(2,3)12-8(10)7(4-5-13)6-11-12/h6,13H,4-5,10H2,1-3H3. The van der Waals surface area contributed by atoms with Gasteiger partial charge in [-0.25, -0.2) is 4.68 Å². The second kappa shape index (κ2) is 3.38. The number of nitrogens with two attached hydrogens (primary N) is 1. The molecule has 0 amide bonds. The molecule has 4 nitrogen and oxygen atoms in total. The maximum Gasteiger partial charge on any atom is 0.125 e. The van der Waals surface area contributed by atoms with E-state index < -0.39 is 0 Å². The van der Waals surface area contributed by atoms with Gasteiger partial charge in [0.2, 0.25) is 0 Å². The van der Waals surface area contributed by atoms with Crippen molar-refractivity contribution >= 4 is 5.82 Å². The summed E-state index contributed by atoms with van der Waals surface area (Å²) in [5.74, 6) is 0.654. The number of aromatic nitrogens is 2. The summed E-state index contributed by atoms with van der Waals surface area (Å²) >= 11 is 0. The summed E-state index contributed by atoms with van der Waals surface area (Å²) < 4.78 is 1.78. The van der Waals surface area contributed by atoms with E-state index in [4.69, 9.17) is 10.8 Å². The summed E-state index contributed by atoms with van der Waals surface area (Å²) in [6, 6.07) is 0. The van der Waals surface area contributed by atoms with Crippen LogP contribution in [0.3, 0.4) is 0 Å². The third-order valence-corrected chi connectivity index (χ3v) is 1.90. The Bertz CT molecular complexity index is 286. The molecule has 1 rings (SSSR count). The van der Waals surface area contributed by atoms with Crippen LogP contribution in [-0.2, 0) is 12.0 Å². The van der Waals surface area contributed by atoms with Crippen LogP contribution in [0.1, 0.15) is 26.3 Å². The number of aliphatic hydroxyl groups is 1. The monoisotopic (exact) mass is 183 g/mol. The quantitative estimate of drug-likeness (QED) is 0.711. The molecule has 0 saturated carbocycles. The van der Waals surface area contributed by atoms with Crippen LogP contribution in [0.4, 0.5) is 5.82 Å². The molecule has 0 aliphatic carbocycles. The zero-order chi connectivity index (χ0) is 10.1. The Morgan fingerprint density at radius 3 is 2.54 bits per heavy atom. The number of nitrogens with zero attached hydrogens (tertiary/aromatic N) is 2. The van der Waals surface area contributed by atoms with Gasteiger partial charge in [0.1, 0.15) is 5.82 Å². The molecule has 4 heteroatoms. The number of anilines is 1. The SMILES string of the molecule is CC(C)(C)n1ncc(CCO)c1N. The summed E-state index contributed by atoms with van der Waals surface area (Å²) in [6.45, 7) is 6.23. The lowest BCUT2D eigenvalue weighted by molar-refractivity contribution is 0.299. The second-order valence-corrected chi connectivity index (χ2v) is 4.11. The van der Waals surface area contributed by atoms with Gasteiger partial charge in [0.25, 0.3) is 0 Å². The first-order chi connectivity index (χ1) is 5.96. The highest BCUT2D eigenvalue weighted by Gasteiger charge is 2.18. The van der Waals surface area contributed by atoms with E-state index in [1.807, 2.05) is 20.8 Å². The molecule has 0 aliphatic rings. The molecule has 0 aliphatic heterocycles. The van der Waals surface area contributed by atoms with E-state index in [2.05, 4.69) is 5.10 Å². The zero-order valence-electron chi connectivity index (χ0n) is 8.41. The molecule has 3 N–H and O–H groups in total. The first-order valence-electron chi connectivity index (χ1n) is 4.40. The van der Waals surface area contributed by atoms with E-state index in [0.29, 0.717) is 12.2 Å². The number of aliphatic hydroxyl groups excluding tert-OH is 1. The van der Waals surface area contributed by atoms with E-state index in [1.165, 1.54) is 0 Å². The maximum absolute atomic E-state index is 8.76. The highest BCUT2D eigenvalue weighted by molar-refractivity contribution is 5.39. The summed E-state index contributed by atoms with van der Waals surface area (Å²) in [6.07, 6.45) is 2.29. The van der Waals surface area contributed by atoms with Crippen molar-refractivity contribution in [1.29, 1.82) is 0 Å². The fourth-order valence-electron chi connectivity index (χ4n) is 1.24. The lowest BCUT2D eigenvalue weighted by Crippen LogP contribution is -2.24. The molecular weight excluding hydrogens is 166 g/mol. The van der Waals surface area contributed by atoms with Crippen molar-refractivity contribution in [3.05, 3.63) is 11.8 Å². The Hall–Kier alpha value is -1.03. The summed E-state index contributed by atoms with van der Waals surface area (Å²) in [7, 11) is 0. The van der Waals surface area contributed by atoms with Gasteiger partial charge < -0.3 is 10.8 Å². The molecule has 1 heterocycles. The topological polar surface area (TPSA) is 64.1 Å². The molecule has 0 atom stereocenters. The average molecular weight is 183 g/mol. The third-order valence-electron chi connectivity index (χ3n) is 1.90. The van der Waals surface area contributed by atoms with Crippen molar-refractivity contribution in [3.8, 4) is 0 Å². The van der Waals surface area contributed by atoms with Gasteiger partial charge in [-0.05, 0) is 20.8 Å². The summed E-state index contributed by atoms with van der Waals surface area (Å²) in [5.41, 5.74) is 6.68. The van der Waals surface area contributed by atoms with Gasteiger partial charge in [0.05, 0.1) is 11.7 Å². The first-order valence-corrected chi connectivity index (χ1v) is 4.40. The second-order valence-electron chi connectivity index (χ2n) is 4.11. The van der Waals surface area contributed by atoms with Crippen LogP contribution in [0.15, 0.2) is 6.20 Å². The van der Waals surface area contributed by atoms with Crippen LogP contribution >= 0.6 is 0 Å². The maximum atomic E-state index is 8.76. The summed E-state index contributed by atoms with van der Waals surface area (Å²) in [5, 5.41) is 12.9. The zero-order valence-corrected chi connectivity index (χ0v) is 8.41. The predicted octanol–water partition coefficient (Wildman–Crippen LogP) is 0.755. The molecule has 1 aromatic heterocycles. The van der Waals surface area contributed by atoms with Gasteiger partial charge in [-0.1, -0.05) is 0 Å². The minimum atomic E-state index is -0.0994. The van der Waals surface area contributed by atoms with Crippen LogP contribution in [0.2, 0.25) is 0 Å². The van der Waals surface area contributed by atoms with Gasteiger partial charge >= 0.3 is 0 Å². The third kappa shape index (κ3) is 2.01. The predicted molar refractivity (Wildman–Crippen MR) is 52.4 cm³/mol. The lowest BCUT2D eigenvalue weighted by atomic mass is 10.1. The van der Waals surface area contributed by atoms with Gasteiger partial charge in [0.15, 0.2) is 0 Å². The summed E-state index contributed by atoms with van der Waals surface area (Å²) in [4.78, 5) is 0. The van der Waals surface area contributed by atoms with E-state index in [1.54, 1.807) is 10.9 Å². The Labute approximate surface area is 78.4 Å². The lowest BCUT2D eigenvalue weighted by Gasteiger charge is -2.20. The van der Waals surface area contributed by atoms with Crippen molar-refractivity contribution in [2.45, 2.75) is 32.7 Å². The molecular formula is C9H17N3O. The molecule has 0 spiro atoms. The van der Waals surface area contributed by atoms with E-state index in [-0.39, 0.29) is 12.1 Å². The van der Waals surface area contributed by atoms with Gasteiger partial charge in [-0.15, -0.1) is 0 Å². The minimum absolute atomic E-state index is 0.0994. The molecule has 1 aromatic rings. The number of nitrogen functional groups attached to an aromatic ring is 1. The van der Waals surface area contributed by atoms with Crippen molar-refractivity contribution in [3.63, 3.8) is 0 Å². The van der Waals surface area contributed by atoms with Crippen LogP contribution in [-0.4, -0.2) is 21.5 Å². The Morgan fingerprint density at radius 1 is 1.54 bits per heavy atom. The smallest absolute Gasteiger partial charge is 0.125 e. The molecule has 13 heavy (non-hydrogen) atoms. The highest BCUT2D eigenvalue weighted by atomic mass is 16.2. The number of hydrogen-bond donors (Lipinski definition) is 2. The highest BCUT2D eigenvalue weighted by Crippen LogP contribution is 2.20. The van der Waals surface area contributed by atoms with Crippen LogP contribution in [0, 0.1) is 0 Å². The minimum Gasteiger partial charge on any atom is -0.396 e. The largest absolute Gasteiger partial charge is 0.396 e. The van der Waals surface area contributed by atoms with Crippen molar-refractivity contribution in [2.75, 3.05) is 12.3 Å². The van der Waals surface area contributed by atoms with Gasteiger partial charge in [0, 0.05) is 18.6 Å². The van der Waals surface area contributed by atoms with Crippen LogP contribution in [0.5, 0.6) is 0 Å². The van der Waals surface area contributed by atoms with Crippen molar-refractivity contribution in [2.24, 2.45) is 0 Å². The molecule has 0 radical (unpaired) electrons. The fourth-order valence-corrected chi connectivity index (χ4v) is 1.24. The van der Waals surface area contributed by atoms with E-state index in [0.717, 1.165) is 5.56 Å². The number of hydrogen-bond acceptors (Lipinski definition) is 3. The Morgan fingerprint density at radius 2 is 2.15 bits per heavy atom. The van der Waals surface area contributed by atoms with E-state index >= 15 is 0 Å². The average Bonchev–Trinajstić information content (AvgIpc) is 2.32. The van der Waals surface area contributed by atoms with Crippen LogP contribution < -0.4 is 5.73 Å². The van der Waals surface area contributed by atoms with Gasteiger partial charge in [-0.2, -0.15) is 5.10 Å². The molecule has 0 unspecified atom stereocenters. The molecule has 74 valence electrons. The first kappa shape index (κ1) is 10.1. The normalized spacial score (nSPS) is 12.0.